The fourth-order valence-electron chi connectivity index (χ4n) is 3.00. The molecule has 1 fully saturated rings. The van der Waals surface area contributed by atoms with Crippen LogP contribution in [0, 0.1) is 5.82 Å². The number of Topliss-reactive ketones (excluding diaryl/α,β-unsaturated/α-hetero) is 1. The van der Waals surface area contributed by atoms with Gasteiger partial charge in [0, 0.05) is 41.7 Å². The van der Waals surface area contributed by atoms with Crippen LogP contribution in [0.2, 0.25) is 10.0 Å². The molecular weight excluding hydrogens is 422 g/mol. The average molecular weight is 441 g/mol. The van der Waals surface area contributed by atoms with Crippen molar-refractivity contribution in [3.8, 4) is 0 Å². The van der Waals surface area contributed by atoms with Gasteiger partial charge in [-0.15, -0.1) is 11.8 Å². The van der Waals surface area contributed by atoms with E-state index in [0.717, 1.165) is 4.90 Å². The summed E-state index contributed by atoms with van der Waals surface area (Å²) in [6.45, 7) is 3.50. The van der Waals surface area contributed by atoms with Gasteiger partial charge in [0.15, 0.2) is 5.78 Å². The molecule has 2 aromatic carbocycles. The normalized spacial score (nSPS) is 14.3. The standard InChI is InChI=1S/C20H19Cl2FN2O2S/c1-13(26)14-2-5-18(17(23)10-14)24-6-8-25(9-7-24)20(27)12-28-19-11-15(21)3-4-16(19)22/h2-5,10-11H,6-9,12H2,1H3. The van der Waals surface area contributed by atoms with Gasteiger partial charge in [-0.25, -0.2) is 4.39 Å². The molecule has 0 bridgehead atoms. The number of rotatable bonds is 5. The predicted octanol–water partition coefficient (Wildman–Crippen LogP) is 4.78. The zero-order valence-corrected chi connectivity index (χ0v) is 17.6. The molecule has 1 aliphatic heterocycles. The van der Waals surface area contributed by atoms with Crippen LogP contribution in [0.25, 0.3) is 0 Å². The highest BCUT2D eigenvalue weighted by Gasteiger charge is 2.23. The third kappa shape index (κ3) is 4.99. The van der Waals surface area contributed by atoms with Crippen molar-refractivity contribution in [1.29, 1.82) is 0 Å². The Labute approximate surface area is 177 Å². The van der Waals surface area contributed by atoms with Crippen LogP contribution in [0.1, 0.15) is 17.3 Å². The van der Waals surface area contributed by atoms with Gasteiger partial charge >= 0.3 is 0 Å². The molecule has 0 aliphatic carbocycles. The lowest BCUT2D eigenvalue weighted by Crippen LogP contribution is -2.49. The van der Waals surface area contributed by atoms with Gasteiger partial charge in [-0.1, -0.05) is 23.2 Å². The molecule has 2 aromatic rings. The first kappa shape index (κ1) is 21.0. The van der Waals surface area contributed by atoms with Crippen molar-refractivity contribution in [2.24, 2.45) is 0 Å². The van der Waals surface area contributed by atoms with Crippen LogP contribution < -0.4 is 4.90 Å². The largest absolute Gasteiger partial charge is 0.366 e. The number of nitrogens with zero attached hydrogens (tertiary/aromatic N) is 2. The number of halogens is 3. The van der Waals surface area contributed by atoms with Gasteiger partial charge in [0.1, 0.15) is 5.82 Å². The highest BCUT2D eigenvalue weighted by atomic mass is 35.5. The number of hydrogen-bond acceptors (Lipinski definition) is 4. The lowest BCUT2D eigenvalue weighted by Gasteiger charge is -2.36. The van der Waals surface area contributed by atoms with E-state index in [1.807, 2.05) is 4.90 Å². The predicted molar refractivity (Wildman–Crippen MR) is 112 cm³/mol. The van der Waals surface area contributed by atoms with Gasteiger partial charge in [-0.2, -0.15) is 0 Å². The molecule has 0 aromatic heterocycles. The van der Waals surface area contributed by atoms with E-state index < -0.39 is 5.82 Å². The smallest absolute Gasteiger partial charge is 0.233 e. The van der Waals surface area contributed by atoms with Crippen molar-refractivity contribution in [2.45, 2.75) is 11.8 Å². The third-order valence-corrected chi connectivity index (χ3v) is 6.29. The summed E-state index contributed by atoms with van der Waals surface area (Å²) < 4.78 is 14.3. The van der Waals surface area contributed by atoms with E-state index >= 15 is 0 Å². The number of anilines is 1. The Bertz CT molecular complexity index is 902. The first-order chi connectivity index (χ1) is 13.3. The minimum Gasteiger partial charge on any atom is -0.366 e. The lowest BCUT2D eigenvalue weighted by atomic mass is 10.1. The minimum absolute atomic E-state index is 0.00749. The van der Waals surface area contributed by atoms with E-state index in [1.165, 1.54) is 24.8 Å². The summed E-state index contributed by atoms with van der Waals surface area (Å²) in [7, 11) is 0. The Balaban J connectivity index is 1.55. The average Bonchev–Trinajstić information content (AvgIpc) is 2.68. The molecule has 28 heavy (non-hydrogen) atoms. The fraction of sp³-hybridized carbons (Fsp3) is 0.300. The molecule has 1 amide bonds. The van der Waals surface area contributed by atoms with Gasteiger partial charge in [0.2, 0.25) is 5.91 Å². The minimum atomic E-state index is -0.418. The van der Waals surface area contributed by atoms with Crippen molar-refractivity contribution < 1.29 is 14.0 Å². The first-order valence-corrected chi connectivity index (χ1v) is 10.5. The Kier molecular flexibility index (Phi) is 6.86. The zero-order valence-electron chi connectivity index (χ0n) is 15.3. The van der Waals surface area contributed by atoms with Gasteiger partial charge < -0.3 is 9.80 Å². The SMILES string of the molecule is CC(=O)c1ccc(N2CCN(C(=O)CSc3cc(Cl)ccc3Cl)CC2)c(F)c1. The monoisotopic (exact) mass is 440 g/mol. The molecular formula is C20H19Cl2FN2O2S. The maximum absolute atomic E-state index is 14.3. The zero-order chi connectivity index (χ0) is 20.3. The molecule has 1 aliphatic rings. The van der Waals surface area contributed by atoms with E-state index in [0.29, 0.717) is 47.5 Å². The summed E-state index contributed by atoms with van der Waals surface area (Å²) in [4.78, 5) is 28.3. The van der Waals surface area contributed by atoms with Crippen molar-refractivity contribution >= 4 is 52.3 Å². The summed E-state index contributed by atoms with van der Waals surface area (Å²) in [6, 6.07) is 9.68. The number of carbonyl (C=O) groups excluding carboxylic acids is 2. The Morgan fingerprint density at radius 1 is 1.07 bits per heavy atom. The number of hydrogen-bond donors (Lipinski definition) is 0. The van der Waals surface area contributed by atoms with Crippen LogP contribution in [0.5, 0.6) is 0 Å². The molecule has 0 unspecified atom stereocenters. The molecule has 1 heterocycles. The molecule has 0 radical (unpaired) electrons. The Morgan fingerprint density at radius 3 is 2.43 bits per heavy atom. The van der Waals surface area contributed by atoms with Gasteiger partial charge in [0.25, 0.3) is 0 Å². The summed E-state index contributed by atoms with van der Waals surface area (Å²) >= 11 is 13.5. The lowest BCUT2D eigenvalue weighted by molar-refractivity contribution is -0.128. The molecule has 148 valence electrons. The highest BCUT2D eigenvalue weighted by molar-refractivity contribution is 8.00. The molecule has 0 saturated carbocycles. The molecule has 1 saturated heterocycles. The van der Waals surface area contributed by atoms with E-state index in [2.05, 4.69) is 0 Å². The van der Waals surface area contributed by atoms with Crippen LogP contribution >= 0.6 is 35.0 Å². The maximum Gasteiger partial charge on any atom is 0.233 e. The van der Waals surface area contributed by atoms with Crippen LogP contribution in [0.4, 0.5) is 10.1 Å². The number of thioether (sulfide) groups is 1. The highest BCUT2D eigenvalue weighted by Crippen LogP contribution is 2.30. The molecule has 0 N–H and O–H groups in total. The van der Waals surface area contributed by atoms with Crippen LogP contribution in [-0.4, -0.2) is 48.5 Å². The van der Waals surface area contributed by atoms with Gasteiger partial charge in [-0.05, 0) is 43.3 Å². The van der Waals surface area contributed by atoms with Crippen molar-refractivity contribution in [1.82, 2.24) is 4.90 Å². The molecule has 0 atom stereocenters. The maximum atomic E-state index is 14.3. The number of ketones is 1. The van der Waals surface area contributed by atoms with E-state index in [-0.39, 0.29) is 17.4 Å². The van der Waals surface area contributed by atoms with E-state index in [9.17, 15) is 14.0 Å². The molecule has 8 heteroatoms. The van der Waals surface area contributed by atoms with Gasteiger partial charge in [-0.3, -0.25) is 9.59 Å². The Morgan fingerprint density at radius 2 is 1.79 bits per heavy atom. The van der Waals surface area contributed by atoms with Crippen molar-refractivity contribution in [3.63, 3.8) is 0 Å². The summed E-state index contributed by atoms with van der Waals surface area (Å²) in [5.41, 5.74) is 0.809. The Hall–Kier alpha value is -1.76. The summed E-state index contributed by atoms with van der Waals surface area (Å²) in [5.74, 6) is -0.313. The topological polar surface area (TPSA) is 40.6 Å². The second-order valence-corrected chi connectivity index (χ2v) is 8.31. The van der Waals surface area contributed by atoms with Crippen LogP contribution in [0.15, 0.2) is 41.3 Å². The second-order valence-electron chi connectivity index (χ2n) is 6.45. The van der Waals surface area contributed by atoms with Gasteiger partial charge in [0.05, 0.1) is 16.5 Å². The second kappa shape index (κ2) is 9.16. The first-order valence-electron chi connectivity index (χ1n) is 8.76. The number of piperazine rings is 1. The molecule has 3 rings (SSSR count). The van der Waals surface area contributed by atoms with Crippen molar-refractivity contribution in [2.75, 3.05) is 36.8 Å². The molecule has 4 nitrogen and oxygen atoms in total. The third-order valence-electron chi connectivity index (χ3n) is 4.57. The number of carbonyl (C=O) groups is 2. The summed E-state index contributed by atoms with van der Waals surface area (Å²) in [6.07, 6.45) is 0. The van der Waals surface area contributed by atoms with E-state index in [1.54, 1.807) is 35.2 Å². The van der Waals surface area contributed by atoms with Crippen LogP contribution in [0.3, 0.4) is 0 Å². The number of amides is 1. The van der Waals surface area contributed by atoms with Crippen molar-refractivity contribution in [3.05, 3.63) is 57.8 Å². The fourth-order valence-corrected chi connectivity index (χ4v) is 4.39. The van der Waals surface area contributed by atoms with Crippen LogP contribution in [-0.2, 0) is 4.79 Å². The van der Waals surface area contributed by atoms with E-state index in [4.69, 9.17) is 23.2 Å². The molecule has 0 spiro atoms. The quantitative estimate of drug-likeness (QED) is 0.495. The number of benzene rings is 2. The summed E-state index contributed by atoms with van der Waals surface area (Å²) in [5, 5.41) is 1.14.